The van der Waals surface area contributed by atoms with E-state index in [4.69, 9.17) is 0 Å². The predicted octanol–water partition coefficient (Wildman–Crippen LogP) is 6.43. The fourth-order valence-corrected chi connectivity index (χ4v) is 4.89. The Balaban J connectivity index is 1.70. The van der Waals surface area contributed by atoms with Gasteiger partial charge in [-0.15, -0.1) is 0 Å². The van der Waals surface area contributed by atoms with Crippen molar-refractivity contribution in [1.29, 1.82) is 0 Å². The summed E-state index contributed by atoms with van der Waals surface area (Å²) in [4.78, 5) is 30.9. The first-order chi connectivity index (χ1) is 17.0. The molecule has 0 saturated heterocycles. The molecule has 0 spiro atoms. The van der Waals surface area contributed by atoms with E-state index in [0.29, 0.717) is 13.0 Å². The summed E-state index contributed by atoms with van der Waals surface area (Å²) in [6, 6.07) is 20.3. The third-order valence-electron chi connectivity index (χ3n) is 6.84. The van der Waals surface area contributed by atoms with Crippen molar-refractivity contribution in [3.63, 3.8) is 0 Å². The molecule has 4 rings (SSSR count). The summed E-state index contributed by atoms with van der Waals surface area (Å²) in [7, 11) is 0. The summed E-state index contributed by atoms with van der Waals surface area (Å²) in [6.45, 7) is 7.04. The summed E-state index contributed by atoms with van der Waals surface area (Å²) in [5, 5.41) is 0. The summed E-state index contributed by atoms with van der Waals surface area (Å²) >= 11 is 0. The van der Waals surface area contributed by atoms with Gasteiger partial charge in [-0.3, -0.25) is 14.5 Å². The highest BCUT2D eigenvalue weighted by Gasteiger charge is 2.36. The second kappa shape index (κ2) is 11.4. The minimum atomic E-state index is -0.254. The van der Waals surface area contributed by atoms with E-state index in [1.54, 1.807) is 4.90 Å². The quantitative estimate of drug-likeness (QED) is 0.320. The molecule has 1 aliphatic heterocycles. The van der Waals surface area contributed by atoms with Gasteiger partial charge in [0.1, 0.15) is 12.6 Å². The van der Waals surface area contributed by atoms with Crippen molar-refractivity contribution in [3.05, 3.63) is 83.7 Å². The SMILES string of the molecule is CCCCCC(=O)N(CCCC)CC(=O)N1c2ccccc2-n2cccc2C1c1ccc(C)cc1. The Morgan fingerprint density at radius 3 is 2.29 bits per heavy atom. The Kier molecular flexibility index (Phi) is 8.06. The number of rotatable bonds is 10. The molecule has 1 aliphatic rings. The number of aromatic nitrogens is 1. The van der Waals surface area contributed by atoms with Gasteiger partial charge in [0.2, 0.25) is 11.8 Å². The van der Waals surface area contributed by atoms with Crippen LogP contribution in [0.25, 0.3) is 5.69 Å². The molecule has 2 heterocycles. The molecule has 1 aromatic heterocycles. The van der Waals surface area contributed by atoms with Crippen molar-refractivity contribution >= 4 is 17.5 Å². The third-order valence-corrected chi connectivity index (χ3v) is 6.84. The van der Waals surface area contributed by atoms with Crippen molar-refractivity contribution in [3.8, 4) is 5.69 Å². The predicted molar refractivity (Wildman–Crippen MR) is 142 cm³/mol. The van der Waals surface area contributed by atoms with E-state index >= 15 is 0 Å². The summed E-state index contributed by atoms with van der Waals surface area (Å²) in [5.74, 6) is 0.0382. The lowest BCUT2D eigenvalue weighted by Crippen LogP contribution is -2.47. The maximum Gasteiger partial charge on any atom is 0.247 e. The van der Waals surface area contributed by atoms with Crippen LogP contribution in [0.4, 0.5) is 5.69 Å². The monoisotopic (exact) mass is 471 g/mol. The Morgan fingerprint density at radius 2 is 1.57 bits per heavy atom. The number of anilines is 1. The number of carbonyl (C=O) groups is 2. The van der Waals surface area contributed by atoms with Crippen LogP contribution in [0.1, 0.15) is 75.2 Å². The zero-order valence-electron chi connectivity index (χ0n) is 21.2. The normalized spacial score (nSPS) is 14.4. The van der Waals surface area contributed by atoms with Crippen molar-refractivity contribution in [1.82, 2.24) is 9.47 Å². The van der Waals surface area contributed by atoms with Crippen molar-refractivity contribution in [2.45, 2.75) is 65.3 Å². The van der Waals surface area contributed by atoms with Gasteiger partial charge in [-0.2, -0.15) is 0 Å². The van der Waals surface area contributed by atoms with E-state index in [-0.39, 0.29) is 24.4 Å². The molecular weight excluding hydrogens is 434 g/mol. The lowest BCUT2D eigenvalue weighted by molar-refractivity contribution is -0.135. The molecule has 0 aliphatic carbocycles. The van der Waals surface area contributed by atoms with Gasteiger partial charge in [-0.1, -0.05) is 75.1 Å². The average molecular weight is 472 g/mol. The van der Waals surface area contributed by atoms with E-state index in [9.17, 15) is 9.59 Å². The van der Waals surface area contributed by atoms with Gasteiger partial charge in [0.15, 0.2) is 0 Å². The minimum Gasteiger partial charge on any atom is -0.333 e. The van der Waals surface area contributed by atoms with E-state index in [1.165, 1.54) is 5.56 Å². The molecule has 35 heavy (non-hydrogen) atoms. The number of amides is 2. The first-order valence-electron chi connectivity index (χ1n) is 13.0. The fraction of sp³-hybridized carbons (Fsp3) is 0.400. The van der Waals surface area contributed by atoms with Gasteiger partial charge in [0.05, 0.1) is 17.1 Å². The Bertz CT molecular complexity index is 1150. The van der Waals surface area contributed by atoms with Crippen LogP contribution in [0, 0.1) is 6.92 Å². The molecule has 0 bridgehead atoms. The van der Waals surface area contributed by atoms with Gasteiger partial charge in [-0.05, 0) is 49.6 Å². The standard InChI is InChI=1S/C30H37N3O2/c1-4-6-8-15-28(34)31(20-7-5-2)22-29(35)33-26-13-10-9-12-25(26)32-21-11-14-27(32)30(33)24-18-16-23(3)17-19-24/h9-14,16-19,21,30H,4-8,15,20,22H2,1-3H3. The highest BCUT2D eigenvalue weighted by Crippen LogP contribution is 2.42. The Morgan fingerprint density at radius 1 is 0.857 bits per heavy atom. The molecule has 2 amide bonds. The van der Waals surface area contributed by atoms with Crippen LogP contribution in [-0.2, 0) is 9.59 Å². The van der Waals surface area contributed by atoms with Gasteiger partial charge in [0, 0.05) is 19.2 Å². The second-order valence-corrected chi connectivity index (χ2v) is 9.49. The van der Waals surface area contributed by atoms with Crippen molar-refractivity contribution in [2.24, 2.45) is 0 Å². The lowest BCUT2D eigenvalue weighted by atomic mass is 9.97. The highest BCUT2D eigenvalue weighted by molar-refractivity contribution is 6.00. The highest BCUT2D eigenvalue weighted by atomic mass is 16.2. The lowest BCUT2D eigenvalue weighted by Gasteiger charge is -2.39. The number of hydrogen-bond donors (Lipinski definition) is 0. The number of carbonyl (C=O) groups excluding carboxylic acids is 2. The van der Waals surface area contributed by atoms with Crippen LogP contribution < -0.4 is 4.90 Å². The zero-order chi connectivity index (χ0) is 24.8. The average Bonchev–Trinajstić information content (AvgIpc) is 3.36. The van der Waals surface area contributed by atoms with Crippen LogP contribution >= 0.6 is 0 Å². The Labute approximate surface area is 209 Å². The molecule has 5 heteroatoms. The number of aryl methyl sites for hydroxylation is 1. The van der Waals surface area contributed by atoms with Crippen molar-refractivity contribution < 1.29 is 9.59 Å². The minimum absolute atomic E-state index is 0.0459. The smallest absolute Gasteiger partial charge is 0.247 e. The second-order valence-electron chi connectivity index (χ2n) is 9.49. The number of hydrogen-bond acceptors (Lipinski definition) is 2. The summed E-state index contributed by atoms with van der Waals surface area (Å²) in [5.41, 5.74) is 5.16. The molecule has 1 atom stereocenters. The first kappa shape index (κ1) is 24.8. The van der Waals surface area contributed by atoms with Gasteiger partial charge in [0.25, 0.3) is 0 Å². The van der Waals surface area contributed by atoms with Crippen LogP contribution in [0.5, 0.6) is 0 Å². The van der Waals surface area contributed by atoms with E-state index in [1.807, 2.05) is 29.2 Å². The number of benzene rings is 2. The molecular formula is C30H37N3O2. The van der Waals surface area contributed by atoms with Crippen LogP contribution in [0.2, 0.25) is 0 Å². The number of unbranched alkanes of at least 4 members (excludes halogenated alkanes) is 3. The molecule has 0 radical (unpaired) electrons. The summed E-state index contributed by atoms with van der Waals surface area (Å²) in [6.07, 6.45) is 7.43. The van der Waals surface area contributed by atoms with Gasteiger partial charge < -0.3 is 9.47 Å². The number of fused-ring (bicyclic) bond motifs is 3. The topological polar surface area (TPSA) is 45.6 Å². The summed E-state index contributed by atoms with van der Waals surface area (Å²) < 4.78 is 2.17. The number of para-hydroxylation sites is 2. The number of nitrogens with zero attached hydrogens (tertiary/aromatic N) is 3. The maximum atomic E-state index is 14.1. The first-order valence-corrected chi connectivity index (χ1v) is 13.0. The van der Waals surface area contributed by atoms with Crippen LogP contribution in [-0.4, -0.2) is 34.4 Å². The van der Waals surface area contributed by atoms with Gasteiger partial charge in [-0.25, -0.2) is 0 Å². The maximum absolute atomic E-state index is 14.1. The molecule has 0 fully saturated rings. The van der Waals surface area contributed by atoms with Crippen LogP contribution in [0.15, 0.2) is 66.9 Å². The third kappa shape index (κ3) is 5.34. The largest absolute Gasteiger partial charge is 0.333 e. The van der Waals surface area contributed by atoms with Gasteiger partial charge >= 0.3 is 0 Å². The van der Waals surface area contributed by atoms with Crippen LogP contribution in [0.3, 0.4) is 0 Å². The fourth-order valence-electron chi connectivity index (χ4n) is 4.89. The van der Waals surface area contributed by atoms with Crippen molar-refractivity contribution in [2.75, 3.05) is 18.0 Å². The molecule has 184 valence electrons. The zero-order valence-corrected chi connectivity index (χ0v) is 21.2. The molecule has 5 nitrogen and oxygen atoms in total. The molecule has 0 N–H and O–H groups in total. The molecule has 2 aromatic carbocycles. The van der Waals surface area contributed by atoms with E-state index in [2.05, 4.69) is 67.9 Å². The van der Waals surface area contributed by atoms with E-state index < -0.39 is 0 Å². The molecule has 3 aromatic rings. The Hall–Kier alpha value is -3.34. The van der Waals surface area contributed by atoms with E-state index in [0.717, 1.165) is 54.7 Å². The molecule has 0 saturated carbocycles. The molecule has 1 unspecified atom stereocenters.